The number of benzene rings is 1. The fraction of sp³-hybridized carbons (Fsp3) is 0.364. The number of non-ortho nitro benzene ring substituents is 1. The maximum absolute atomic E-state index is 11.1. The van der Waals surface area contributed by atoms with E-state index in [-0.39, 0.29) is 35.9 Å². The summed E-state index contributed by atoms with van der Waals surface area (Å²) in [6.07, 6.45) is 0.168. The smallest absolute Gasteiger partial charge is 0.299 e. The van der Waals surface area contributed by atoms with Crippen LogP contribution in [0.5, 0.6) is 0 Å². The third-order valence-electron chi connectivity index (χ3n) is 2.73. The Morgan fingerprint density at radius 1 is 1.30 bits per heavy atom. The fourth-order valence-electron chi connectivity index (χ4n) is 1.61. The van der Waals surface area contributed by atoms with Crippen LogP contribution in [0.15, 0.2) is 18.2 Å². The molecule has 9 heteroatoms. The molecule has 1 N–H and O–H groups in total. The Morgan fingerprint density at radius 3 is 2.45 bits per heavy atom. The lowest BCUT2D eigenvalue weighted by atomic mass is 10.2. The van der Waals surface area contributed by atoms with E-state index in [0.29, 0.717) is 0 Å². The highest BCUT2D eigenvalue weighted by Crippen LogP contribution is 2.31. The third kappa shape index (κ3) is 3.64. The van der Waals surface area contributed by atoms with Crippen LogP contribution >= 0.6 is 0 Å². The van der Waals surface area contributed by atoms with Gasteiger partial charge in [0.25, 0.3) is 11.4 Å². The van der Waals surface area contributed by atoms with Gasteiger partial charge in [0.15, 0.2) is 0 Å². The van der Waals surface area contributed by atoms with Crippen molar-refractivity contribution in [2.75, 3.05) is 25.5 Å². The van der Waals surface area contributed by atoms with Gasteiger partial charge in [-0.1, -0.05) is 0 Å². The standard InChI is InChI=1S/C11H14N4O5/c1-12-11(16)5-6-13(2)9-4-3-8(14(17)18)7-10(9)15(19)20/h3-4,7H,5-6H2,1-2H3,(H,12,16). The largest absolute Gasteiger partial charge is 0.369 e. The molecule has 0 heterocycles. The molecule has 108 valence electrons. The molecule has 0 aliphatic carbocycles. The molecule has 0 fully saturated rings. The van der Waals surface area contributed by atoms with Gasteiger partial charge in [-0.05, 0) is 6.07 Å². The van der Waals surface area contributed by atoms with Gasteiger partial charge in [-0.3, -0.25) is 25.0 Å². The van der Waals surface area contributed by atoms with Crippen molar-refractivity contribution in [3.05, 3.63) is 38.4 Å². The second kappa shape index (κ2) is 6.45. The van der Waals surface area contributed by atoms with Gasteiger partial charge in [0, 0.05) is 33.1 Å². The molecule has 0 bridgehead atoms. The highest BCUT2D eigenvalue weighted by Gasteiger charge is 2.21. The summed E-state index contributed by atoms with van der Waals surface area (Å²) in [7, 11) is 3.08. The zero-order valence-corrected chi connectivity index (χ0v) is 11.0. The van der Waals surface area contributed by atoms with Crippen LogP contribution in [0, 0.1) is 20.2 Å². The van der Waals surface area contributed by atoms with E-state index in [1.165, 1.54) is 24.1 Å². The van der Waals surface area contributed by atoms with Crippen LogP contribution in [-0.4, -0.2) is 36.4 Å². The first kappa shape index (κ1) is 15.3. The molecule has 0 aliphatic heterocycles. The average Bonchev–Trinajstić information content (AvgIpc) is 2.43. The summed E-state index contributed by atoms with van der Waals surface area (Å²) in [5, 5.41) is 24.0. The second-order valence-electron chi connectivity index (χ2n) is 4.03. The number of nitrogens with zero attached hydrogens (tertiary/aromatic N) is 3. The lowest BCUT2D eigenvalue weighted by Gasteiger charge is -2.18. The fourth-order valence-corrected chi connectivity index (χ4v) is 1.61. The van der Waals surface area contributed by atoms with Crippen molar-refractivity contribution >= 4 is 23.0 Å². The Hall–Kier alpha value is -2.71. The van der Waals surface area contributed by atoms with E-state index in [0.717, 1.165) is 6.07 Å². The number of nitro groups is 2. The van der Waals surface area contributed by atoms with Crippen molar-refractivity contribution in [2.45, 2.75) is 6.42 Å². The first-order valence-electron chi connectivity index (χ1n) is 5.71. The number of amides is 1. The van der Waals surface area contributed by atoms with Crippen LogP contribution in [0.1, 0.15) is 6.42 Å². The van der Waals surface area contributed by atoms with Crippen molar-refractivity contribution < 1.29 is 14.6 Å². The van der Waals surface area contributed by atoms with Crippen molar-refractivity contribution in [1.29, 1.82) is 0 Å². The molecule has 9 nitrogen and oxygen atoms in total. The van der Waals surface area contributed by atoms with E-state index in [1.54, 1.807) is 7.05 Å². The highest BCUT2D eigenvalue weighted by atomic mass is 16.6. The maximum atomic E-state index is 11.1. The van der Waals surface area contributed by atoms with Crippen LogP contribution in [0.3, 0.4) is 0 Å². The summed E-state index contributed by atoms with van der Waals surface area (Å²) in [6, 6.07) is 3.41. The number of hydrogen-bond donors (Lipinski definition) is 1. The molecule has 20 heavy (non-hydrogen) atoms. The molecule has 0 spiro atoms. The van der Waals surface area contributed by atoms with E-state index < -0.39 is 9.85 Å². The minimum Gasteiger partial charge on any atom is -0.369 e. The summed E-state index contributed by atoms with van der Waals surface area (Å²) in [6.45, 7) is 0.262. The van der Waals surface area contributed by atoms with E-state index >= 15 is 0 Å². The average molecular weight is 282 g/mol. The monoisotopic (exact) mass is 282 g/mol. The predicted molar refractivity (Wildman–Crippen MR) is 71.7 cm³/mol. The molecule has 0 saturated carbocycles. The van der Waals surface area contributed by atoms with Gasteiger partial charge in [0.05, 0.1) is 15.9 Å². The summed E-state index contributed by atoms with van der Waals surface area (Å²) in [4.78, 5) is 32.9. The topological polar surface area (TPSA) is 119 Å². The van der Waals surface area contributed by atoms with Crippen LogP contribution in [-0.2, 0) is 4.79 Å². The van der Waals surface area contributed by atoms with Gasteiger partial charge in [-0.25, -0.2) is 0 Å². The first-order chi connectivity index (χ1) is 9.36. The van der Waals surface area contributed by atoms with Gasteiger partial charge < -0.3 is 10.2 Å². The Labute approximate surface area is 114 Å². The minimum absolute atomic E-state index is 0.168. The number of nitrogens with one attached hydrogen (secondary N) is 1. The molecule has 1 amide bonds. The van der Waals surface area contributed by atoms with Gasteiger partial charge in [-0.2, -0.15) is 0 Å². The number of anilines is 1. The molecule has 1 aromatic carbocycles. The molecule has 0 unspecified atom stereocenters. The van der Waals surface area contributed by atoms with E-state index in [9.17, 15) is 25.0 Å². The molecule has 0 radical (unpaired) electrons. The summed E-state index contributed by atoms with van der Waals surface area (Å²) in [5.41, 5.74) is -0.483. The van der Waals surface area contributed by atoms with Gasteiger partial charge in [0.1, 0.15) is 5.69 Å². The van der Waals surface area contributed by atoms with E-state index in [1.807, 2.05) is 0 Å². The number of rotatable bonds is 6. The molecule has 1 aromatic rings. The van der Waals surface area contributed by atoms with E-state index in [4.69, 9.17) is 0 Å². The summed E-state index contributed by atoms with van der Waals surface area (Å²) >= 11 is 0. The van der Waals surface area contributed by atoms with Crippen LogP contribution in [0.25, 0.3) is 0 Å². The van der Waals surface area contributed by atoms with Crippen molar-refractivity contribution in [3.8, 4) is 0 Å². The number of hydrogen-bond acceptors (Lipinski definition) is 6. The van der Waals surface area contributed by atoms with Crippen LogP contribution in [0.2, 0.25) is 0 Å². The lowest BCUT2D eigenvalue weighted by molar-refractivity contribution is -0.393. The van der Waals surface area contributed by atoms with Crippen molar-refractivity contribution in [3.63, 3.8) is 0 Å². The number of carbonyl (C=O) groups is 1. The highest BCUT2D eigenvalue weighted by molar-refractivity contribution is 5.76. The van der Waals surface area contributed by atoms with Crippen molar-refractivity contribution in [2.24, 2.45) is 0 Å². The molecule has 1 rings (SSSR count). The number of carbonyl (C=O) groups excluding carboxylic acids is 1. The Kier molecular flexibility index (Phi) is 4.95. The Morgan fingerprint density at radius 2 is 1.95 bits per heavy atom. The van der Waals surface area contributed by atoms with Gasteiger partial charge in [0.2, 0.25) is 5.91 Å². The molecule has 0 aromatic heterocycles. The third-order valence-corrected chi connectivity index (χ3v) is 2.73. The van der Waals surface area contributed by atoms with Crippen LogP contribution in [0.4, 0.5) is 17.1 Å². The summed E-state index contributed by atoms with van der Waals surface area (Å²) < 4.78 is 0. The summed E-state index contributed by atoms with van der Waals surface area (Å²) in [5.74, 6) is -0.193. The number of nitro benzene ring substituents is 2. The molecular weight excluding hydrogens is 268 g/mol. The van der Waals surface area contributed by atoms with Crippen LogP contribution < -0.4 is 10.2 Å². The molecular formula is C11H14N4O5. The minimum atomic E-state index is -0.693. The van der Waals surface area contributed by atoms with Gasteiger partial charge >= 0.3 is 0 Å². The second-order valence-corrected chi connectivity index (χ2v) is 4.03. The quantitative estimate of drug-likeness (QED) is 0.615. The van der Waals surface area contributed by atoms with E-state index in [2.05, 4.69) is 5.32 Å². The predicted octanol–water partition coefficient (Wildman–Crippen LogP) is 1.08. The molecule has 0 atom stereocenters. The van der Waals surface area contributed by atoms with Crippen molar-refractivity contribution in [1.82, 2.24) is 5.32 Å². The normalized spacial score (nSPS) is 9.90. The molecule has 0 saturated heterocycles. The first-order valence-corrected chi connectivity index (χ1v) is 5.71. The zero-order valence-electron chi connectivity index (χ0n) is 11.0. The molecule has 0 aliphatic rings. The van der Waals surface area contributed by atoms with Gasteiger partial charge in [-0.15, -0.1) is 0 Å². The lowest BCUT2D eigenvalue weighted by Crippen LogP contribution is -2.26. The zero-order chi connectivity index (χ0) is 15.3. The SMILES string of the molecule is CNC(=O)CCN(C)c1ccc([N+](=O)[O-])cc1[N+](=O)[O-]. The maximum Gasteiger partial charge on any atom is 0.299 e. The Bertz CT molecular complexity index is 546. The Balaban J connectivity index is 3.01.